The molecule has 12 heteroatoms. The van der Waals surface area contributed by atoms with Crippen LogP contribution < -0.4 is 0 Å². The minimum absolute atomic E-state index is 0.0631. The Labute approximate surface area is 206 Å². The summed E-state index contributed by atoms with van der Waals surface area (Å²) in [7, 11) is -7.16. The molecule has 0 unspecified atom stereocenters. The Morgan fingerprint density at radius 1 is 0.529 bits per heavy atom. The SMILES string of the molecule is CCO[Si](OCC)(OCC)C(=CCOC(C)=O)C(=CCOC(C)=O)[Si](OCC)(OCC)OCC. The molecule has 0 aromatic rings. The van der Waals surface area contributed by atoms with Crippen molar-refractivity contribution < 1.29 is 45.6 Å². The van der Waals surface area contributed by atoms with Crippen LogP contribution in [0.2, 0.25) is 0 Å². The van der Waals surface area contributed by atoms with Crippen molar-refractivity contribution in [3.63, 3.8) is 0 Å². The van der Waals surface area contributed by atoms with E-state index in [1.165, 1.54) is 13.8 Å². The Hall–Kier alpha value is -1.39. The molecule has 0 aromatic carbocycles. The summed E-state index contributed by atoms with van der Waals surface area (Å²) in [5.74, 6) is -0.888. The second kappa shape index (κ2) is 18.0. The van der Waals surface area contributed by atoms with Gasteiger partial charge in [-0.1, -0.05) is 0 Å². The van der Waals surface area contributed by atoms with Gasteiger partial charge in [0.25, 0.3) is 0 Å². The van der Waals surface area contributed by atoms with Gasteiger partial charge in [0, 0.05) is 63.9 Å². The summed E-state index contributed by atoms with van der Waals surface area (Å²) < 4.78 is 47.4. The van der Waals surface area contributed by atoms with Crippen LogP contribution in [0, 0.1) is 0 Å². The third-order valence-electron chi connectivity index (χ3n) is 4.10. The Morgan fingerprint density at radius 2 is 0.765 bits per heavy atom. The number of rotatable bonds is 19. The average molecular weight is 523 g/mol. The summed E-state index contributed by atoms with van der Waals surface area (Å²) in [5, 5.41) is 0.988. The van der Waals surface area contributed by atoms with E-state index in [-0.39, 0.29) is 13.2 Å². The molecule has 0 aliphatic rings. The number of allylic oxidation sites excluding steroid dienone is 2. The molecule has 0 spiro atoms. The molecule has 0 heterocycles. The molecule has 0 atom stereocenters. The van der Waals surface area contributed by atoms with Gasteiger partial charge in [-0.2, -0.15) is 0 Å². The van der Waals surface area contributed by atoms with E-state index in [4.69, 9.17) is 36.0 Å². The van der Waals surface area contributed by atoms with Crippen molar-refractivity contribution >= 4 is 29.5 Å². The molecule has 10 nitrogen and oxygen atoms in total. The number of carbonyl (C=O) groups excluding carboxylic acids is 2. The summed E-state index contributed by atoms with van der Waals surface area (Å²) in [5.41, 5.74) is 0. The van der Waals surface area contributed by atoms with Crippen LogP contribution in [0.4, 0.5) is 0 Å². The molecular formula is C22H42O10Si2. The highest BCUT2D eigenvalue weighted by molar-refractivity contribution is 6.79. The normalized spacial score (nSPS) is 13.2. The molecule has 0 N–H and O–H groups in total. The zero-order valence-electron chi connectivity index (χ0n) is 21.9. The van der Waals surface area contributed by atoms with Gasteiger partial charge < -0.3 is 36.0 Å². The van der Waals surface area contributed by atoms with Gasteiger partial charge in [0.2, 0.25) is 0 Å². The van der Waals surface area contributed by atoms with E-state index >= 15 is 0 Å². The third-order valence-corrected chi connectivity index (χ3v) is 10.6. The van der Waals surface area contributed by atoms with Gasteiger partial charge in [0.05, 0.1) is 0 Å². The first-order chi connectivity index (χ1) is 16.2. The van der Waals surface area contributed by atoms with Crippen LogP contribution in [-0.2, 0) is 45.6 Å². The van der Waals surface area contributed by atoms with E-state index < -0.39 is 29.5 Å². The maximum Gasteiger partial charge on any atom is 0.537 e. The van der Waals surface area contributed by atoms with Crippen LogP contribution in [0.15, 0.2) is 22.5 Å². The lowest BCUT2D eigenvalue weighted by Crippen LogP contribution is -2.56. The summed E-state index contributed by atoms with van der Waals surface area (Å²) in [4.78, 5) is 23.0. The van der Waals surface area contributed by atoms with Gasteiger partial charge in [-0.15, -0.1) is 0 Å². The average Bonchev–Trinajstić information content (AvgIpc) is 2.75. The highest BCUT2D eigenvalue weighted by Crippen LogP contribution is 2.34. The minimum atomic E-state index is -3.58. The second-order valence-electron chi connectivity index (χ2n) is 6.55. The maximum atomic E-state index is 11.5. The lowest BCUT2D eigenvalue weighted by Gasteiger charge is -2.37. The molecule has 0 amide bonds. The van der Waals surface area contributed by atoms with Gasteiger partial charge in [-0.3, -0.25) is 9.59 Å². The van der Waals surface area contributed by atoms with Crippen LogP contribution in [0.5, 0.6) is 0 Å². The van der Waals surface area contributed by atoms with Gasteiger partial charge in [-0.25, -0.2) is 0 Å². The van der Waals surface area contributed by atoms with E-state index in [1.54, 1.807) is 12.2 Å². The largest absolute Gasteiger partial charge is 0.537 e. The highest BCUT2D eigenvalue weighted by Gasteiger charge is 2.56. The van der Waals surface area contributed by atoms with Crippen LogP contribution in [-0.4, -0.2) is 82.4 Å². The molecule has 0 aromatic heterocycles. The molecule has 0 fully saturated rings. The van der Waals surface area contributed by atoms with E-state index in [9.17, 15) is 9.59 Å². The van der Waals surface area contributed by atoms with Crippen LogP contribution >= 0.6 is 0 Å². The van der Waals surface area contributed by atoms with Crippen molar-refractivity contribution in [2.45, 2.75) is 55.4 Å². The highest BCUT2D eigenvalue weighted by atomic mass is 28.4. The zero-order chi connectivity index (χ0) is 26.0. The van der Waals surface area contributed by atoms with Crippen molar-refractivity contribution in [3.05, 3.63) is 22.5 Å². The molecule has 0 saturated carbocycles. The Balaban J connectivity index is 7.17. The molecule has 0 aliphatic carbocycles. The Kier molecular flexibility index (Phi) is 17.2. The molecule has 0 rings (SSSR count). The fraction of sp³-hybridized carbons (Fsp3) is 0.727. The maximum absolute atomic E-state index is 11.5. The molecule has 198 valence electrons. The van der Waals surface area contributed by atoms with Gasteiger partial charge >= 0.3 is 29.5 Å². The zero-order valence-corrected chi connectivity index (χ0v) is 23.9. The van der Waals surface area contributed by atoms with E-state index in [0.29, 0.717) is 50.0 Å². The van der Waals surface area contributed by atoms with Crippen LogP contribution in [0.3, 0.4) is 0 Å². The fourth-order valence-electron chi connectivity index (χ4n) is 3.14. The number of hydrogen-bond acceptors (Lipinski definition) is 10. The smallest absolute Gasteiger partial charge is 0.462 e. The summed E-state index contributed by atoms with van der Waals surface area (Å²) >= 11 is 0. The quantitative estimate of drug-likeness (QED) is 0.143. The van der Waals surface area contributed by atoms with Crippen LogP contribution in [0.1, 0.15) is 55.4 Å². The van der Waals surface area contributed by atoms with E-state index in [1.807, 2.05) is 41.5 Å². The van der Waals surface area contributed by atoms with E-state index in [0.717, 1.165) is 0 Å². The standard InChI is InChI=1S/C22H42O10Si2/c1-9-27-33(28-10-2,29-11-3)21(15-17-25-19(7)23)22(16-18-26-20(8)24)34(30-12-4,31-13-5)32-14-6/h15-16H,9-14,17-18H2,1-8H3. The predicted octanol–water partition coefficient (Wildman–Crippen LogP) is 3.14. The summed E-state index contributed by atoms with van der Waals surface area (Å²) in [6.45, 7) is 15.4. The molecule has 0 bridgehead atoms. The van der Waals surface area contributed by atoms with Crippen molar-refractivity contribution in [1.29, 1.82) is 0 Å². The number of esters is 2. The van der Waals surface area contributed by atoms with Gasteiger partial charge in [-0.05, 0) is 53.7 Å². The molecule has 0 radical (unpaired) electrons. The first kappa shape index (κ1) is 32.6. The lowest BCUT2D eigenvalue weighted by molar-refractivity contribution is -0.140. The monoisotopic (exact) mass is 522 g/mol. The van der Waals surface area contributed by atoms with Crippen LogP contribution in [0.25, 0.3) is 0 Å². The third kappa shape index (κ3) is 10.5. The molecule has 0 saturated heterocycles. The Morgan fingerprint density at radius 3 is 0.941 bits per heavy atom. The summed E-state index contributed by atoms with van der Waals surface area (Å²) in [6.07, 6.45) is 3.35. The second-order valence-corrected chi connectivity index (χ2v) is 11.6. The van der Waals surface area contributed by atoms with E-state index in [2.05, 4.69) is 0 Å². The predicted molar refractivity (Wildman–Crippen MR) is 131 cm³/mol. The van der Waals surface area contributed by atoms with Gasteiger partial charge in [0.1, 0.15) is 13.2 Å². The topological polar surface area (TPSA) is 108 Å². The molecular weight excluding hydrogens is 480 g/mol. The van der Waals surface area contributed by atoms with Crippen molar-refractivity contribution in [1.82, 2.24) is 0 Å². The van der Waals surface area contributed by atoms with Crippen molar-refractivity contribution in [3.8, 4) is 0 Å². The molecule has 0 aliphatic heterocycles. The van der Waals surface area contributed by atoms with Crippen molar-refractivity contribution in [2.24, 2.45) is 0 Å². The first-order valence-corrected chi connectivity index (χ1v) is 15.2. The fourth-order valence-corrected chi connectivity index (χ4v) is 9.30. The number of carbonyl (C=O) groups is 2. The number of hydrogen-bond donors (Lipinski definition) is 0. The first-order valence-electron chi connectivity index (χ1n) is 11.7. The number of ether oxygens (including phenoxy) is 2. The Bertz CT molecular complexity index is 576. The van der Waals surface area contributed by atoms with Crippen molar-refractivity contribution in [2.75, 3.05) is 52.9 Å². The molecule has 34 heavy (non-hydrogen) atoms. The lowest BCUT2D eigenvalue weighted by atomic mass is 10.4. The van der Waals surface area contributed by atoms with Gasteiger partial charge in [0.15, 0.2) is 0 Å². The minimum Gasteiger partial charge on any atom is -0.462 e. The summed E-state index contributed by atoms with van der Waals surface area (Å²) in [6, 6.07) is 0.